The van der Waals surface area contributed by atoms with Crippen LogP contribution in [0.2, 0.25) is 5.02 Å². The number of amides is 2. The molecular weight excluding hydrogens is 380 g/mol. The number of nitrogens with one attached hydrogen (secondary N) is 1. The van der Waals surface area contributed by atoms with E-state index in [4.69, 9.17) is 23.8 Å². The third-order valence-electron chi connectivity index (χ3n) is 3.30. The van der Waals surface area contributed by atoms with Crippen LogP contribution < -0.4 is 5.43 Å². The molecule has 25 heavy (non-hydrogen) atoms. The number of phenolic OH excluding ortho intramolecular Hbond substituents is 1. The maximum atomic E-state index is 12.5. The van der Waals surface area contributed by atoms with Gasteiger partial charge >= 0.3 is 0 Å². The van der Waals surface area contributed by atoms with Crippen molar-refractivity contribution in [2.45, 2.75) is 0 Å². The zero-order chi connectivity index (χ0) is 18.0. The second-order valence-electron chi connectivity index (χ2n) is 5.06. The molecule has 2 aromatic carbocycles. The fraction of sp³-hybridized carbons (Fsp3) is 0. The number of benzene rings is 2. The Balaban J connectivity index is 1.76. The first-order valence-corrected chi connectivity index (χ1v) is 8.68. The summed E-state index contributed by atoms with van der Waals surface area (Å²) in [6.07, 6.45) is 1.68. The van der Waals surface area contributed by atoms with Crippen LogP contribution in [0, 0.1) is 0 Å². The molecule has 1 heterocycles. The average Bonchev–Trinajstić information content (AvgIpc) is 2.85. The average molecular weight is 391 g/mol. The van der Waals surface area contributed by atoms with E-state index in [-0.39, 0.29) is 10.1 Å². The van der Waals surface area contributed by atoms with E-state index in [9.17, 15) is 14.7 Å². The highest BCUT2D eigenvalue weighted by Crippen LogP contribution is 2.31. The Kier molecular flexibility index (Phi) is 5.08. The largest absolute Gasteiger partial charge is 0.508 e. The van der Waals surface area contributed by atoms with Gasteiger partial charge in [0.2, 0.25) is 0 Å². The Morgan fingerprint density at radius 1 is 1.16 bits per heavy atom. The van der Waals surface area contributed by atoms with E-state index in [2.05, 4.69) is 5.43 Å². The highest BCUT2D eigenvalue weighted by molar-refractivity contribution is 8.26. The molecule has 0 aliphatic carbocycles. The van der Waals surface area contributed by atoms with Gasteiger partial charge < -0.3 is 5.11 Å². The second kappa shape index (κ2) is 7.26. The molecule has 1 saturated heterocycles. The predicted molar refractivity (Wildman–Crippen MR) is 102 cm³/mol. The number of carbonyl (C=O) groups is 2. The van der Waals surface area contributed by atoms with Gasteiger partial charge in [-0.15, -0.1) is 0 Å². The number of rotatable bonds is 3. The second-order valence-corrected chi connectivity index (χ2v) is 7.17. The van der Waals surface area contributed by atoms with Gasteiger partial charge in [-0.25, -0.2) is 0 Å². The highest BCUT2D eigenvalue weighted by atomic mass is 35.5. The first kappa shape index (κ1) is 17.5. The summed E-state index contributed by atoms with van der Waals surface area (Å²) >= 11 is 12.1. The van der Waals surface area contributed by atoms with Crippen molar-refractivity contribution in [1.29, 1.82) is 0 Å². The minimum atomic E-state index is -0.496. The summed E-state index contributed by atoms with van der Waals surface area (Å²) in [7, 11) is 0. The van der Waals surface area contributed by atoms with Crippen molar-refractivity contribution in [2.24, 2.45) is 0 Å². The minimum Gasteiger partial charge on any atom is -0.508 e. The van der Waals surface area contributed by atoms with Crippen LogP contribution in [0.1, 0.15) is 15.9 Å². The van der Waals surface area contributed by atoms with Gasteiger partial charge in [0.25, 0.3) is 11.8 Å². The molecule has 0 radical (unpaired) electrons. The van der Waals surface area contributed by atoms with E-state index < -0.39 is 11.8 Å². The van der Waals surface area contributed by atoms with Crippen molar-refractivity contribution in [3.05, 3.63) is 69.6 Å². The molecule has 0 unspecified atom stereocenters. The highest BCUT2D eigenvalue weighted by Gasteiger charge is 2.33. The Hall–Kier alpha value is -2.35. The Morgan fingerprint density at radius 2 is 1.80 bits per heavy atom. The van der Waals surface area contributed by atoms with Crippen LogP contribution in [-0.2, 0) is 4.79 Å². The summed E-state index contributed by atoms with van der Waals surface area (Å²) < 4.78 is 0.234. The topological polar surface area (TPSA) is 69.6 Å². The van der Waals surface area contributed by atoms with E-state index in [1.807, 2.05) is 0 Å². The Bertz CT molecular complexity index is 880. The summed E-state index contributed by atoms with van der Waals surface area (Å²) in [6.45, 7) is 0. The molecule has 3 rings (SSSR count). The quantitative estimate of drug-likeness (QED) is 0.619. The number of thiocarbonyl (C=S) groups is 1. The van der Waals surface area contributed by atoms with E-state index >= 15 is 0 Å². The number of phenols is 1. The molecule has 0 aromatic heterocycles. The predicted octanol–water partition coefficient (Wildman–Crippen LogP) is 3.59. The summed E-state index contributed by atoms with van der Waals surface area (Å²) in [5.74, 6) is -0.853. The maximum Gasteiger partial charge on any atom is 0.285 e. The summed E-state index contributed by atoms with van der Waals surface area (Å²) in [5.41, 5.74) is 3.58. The molecule has 0 atom stereocenters. The van der Waals surface area contributed by atoms with Gasteiger partial charge in [0.15, 0.2) is 4.32 Å². The lowest BCUT2D eigenvalue weighted by atomic mass is 10.2. The zero-order valence-electron chi connectivity index (χ0n) is 12.6. The SMILES string of the molecule is O=C(NN1C(=O)/C(=C/c2ccc(Cl)cc2)SC1=S)c1ccc(O)cc1. The van der Waals surface area contributed by atoms with Crippen LogP contribution in [0.5, 0.6) is 5.75 Å². The van der Waals surface area contributed by atoms with Gasteiger partial charge in [-0.1, -0.05) is 35.5 Å². The lowest BCUT2D eigenvalue weighted by Crippen LogP contribution is -2.44. The van der Waals surface area contributed by atoms with Gasteiger partial charge in [-0.3, -0.25) is 15.0 Å². The van der Waals surface area contributed by atoms with Crippen LogP contribution in [0.15, 0.2) is 53.4 Å². The van der Waals surface area contributed by atoms with E-state index in [0.29, 0.717) is 15.5 Å². The van der Waals surface area contributed by atoms with E-state index in [1.165, 1.54) is 24.3 Å². The third-order valence-corrected chi connectivity index (χ3v) is 4.86. The number of thioether (sulfide) groups is 1. The molecule has 0 bridgehead atoms. The van der Waals surface area contributed by atoms with Crippen LogP contribution in [0.4, 0.5) is 0 Å². The van der Waals surface area contributed by atoms with Crippen LogP contribution in [0.25, 0.3) is 6.08 Å². The smallest absolute Gasteiger partial charge is 0.285 e. The minimum absolute atomic E-state index is 0.0491. The standard InChI is InChI=1S/C17H11ClN2O3S2/c18-12-5-1-10(2-6-12)9-14-16(23)20(17(24)25-14)19-15(22)11-3-7-13(21)8-4-11/h1-9,21H,(H,19,22)/b14-9-. The molecule has 2 N–H and O–H groups in total. The first-order valence-electron chi connectivity index (χ1n) is 7.07. The van der Waals surface area contributed by atoms with Gasteiger partial charge in [-0.2, -0.15) is 5.01 Å². The monoisotopic (exact) mass is 390 g/mol. The van der Waals surface area contributed by atoms with Crippen molar-refractivity contribution >= 4 is 57.8 Å². The van der Waals surface area contributed by atoms with Gasteiger partial charge in [0, 0.05) is 10.6 Å². The van der Waals surface area contributed by atoms with Crippen molar-refractivity contribution in [1.82, 2.24) is 10.4 Å². The summed E-state index contributed by atoms with van der Waals surface area (Å²) in [6, 6.07) is 12.7. The van der Waals surface area contributed by atoms with Crippen molar-refractivity contribution in [3.8, 4) is 5.75 Å². The number of hydrazine groups is 1. The fourth-order valence-corrected chi connectivity index (χ4v) is 3.36. The molecule has 0 spiro atoms. The van der Waals surface area contributed by atoms with Crippen molar-refractivity contribution < 1.29 is 14.7 Å². The normalized spacial score (nSPS) is 15.7. The molecular formula is C17H11ClN2O3S2. The summed E-state index contributed by atoms with van der Waals surface area (Å²) in [4.78, 5) is 25.1. The first-order chi connectivity index (χ1) is 11.9. The van der Waals surface area contributed by atoms with Crippen LogP contribution >= 0.6 is 35.6 Å². The third kappa shape index (κ3) is 4.01. The number of carbonyl (C=O) groups excluding carboxylic acids is 2. The molecule has 126 valence electrons. The molecule has 8 heteroatoms. The van der Waals surface area contributed by atoms with Gasteiger partial charge in [-0.05, 0) is 60.3 Å². The molecule has 2 aromatic rings. The van der Waals surface area contributed by atoms with Crippen LogP contribution in [0.3, 0.4) is 0 Å². The molecule has 1 aliphatic heterocycles. The lowest BCUT2D eigenvalue weighted by Gasteiger charge is -2.15. The Morgan fingerprint density at radius 3 is 2.44 bits per heavy atom. The van der Waals surface area contributed by atoms with Crippen molar-refractivity contribution in [2.75, 3.05) is 0 Å². The molecule has 1 aliphatic rings. The fourth-order valence-electron chi connectivity index (χ4n) is 2.05. The van der Waals surface area contributed by atoms with E-state index in [0.717, 1.165) is 22.3 Å². The molecule has 2 amide bonds. The zero-order valence-corrected chi connectivity index (χ0v) is 15.0. The number of hydrogen-bond donors (Lipinski definition) is 2. The summed E-state index contributed by atoms with van der Waals surface area (Å²) in [5, 5.41) is 10.9. The molecule has 1 fully saturated rings. The lowest BCUT2D eigenvalue weighted by molar-refractivity contribution is -0.123. The van der Waals surface area contributed by atoms with Gasteiger partial charge in [0.1, 0.15) is 5.75 Å². The number of aromatic hydroxyl groups is 1. The number of hydrogen-bond acceptors (Lipinski definition) is 5. The van der Waals surface area contributed by atoms with Crippen LogP contribution in [-0.4, -0.2) is 26.3 Å². The molecule has 5 nitrogen and oxygen atoms in total. The number of nitrogens with zero attached hydrogens (tertiary/aromatic N) is 1. The number of halogens is 1. The maximum absolute atomic E-state index is 12.5. The Labute approximate surface area is 158 Å². The van der Waals surface area contributed by atoms with Gasteiger partial charge in [0.05, 0.1) is 4.91 Å². The van der Waals surface area contributed by atoms with E-state index in [1.54, 1.807) is 30.3 Å². The molecule has 0 saturated carbocycles. The van der Waals surface area contributed by atoms with Crippen molar-refractivity contribution in [3.63, 3.8) is 0 Å².